The number of aromatic nitrogens is 2. The molecule has 1 atom stereocenters. The van der Waals surface area contributed by atoms with E-state index in [9.17, 15) is 4.79 Å². The van der Waals surface area contributed by atoms with Crippen LogP contribution in [0.2, 0.25) is 5.02 Å². The normalized spacial score (nSPS) is 17.4. The molecule has 4 rings (SSSR count). The molecule has 1 saturated heterocycles. The zero-order valence-corrected chi connectivity index (χ0v) is 16.7. The highest BCUT2D eigenvalue weighted by Crippen LogP contribution is 2.35. The van der Waals surface area contributed by atoms with Gasteiger partial charge in [-0.05, 0) is 42.7 Å². The highest BCUT2D eigenvalue weighted by molar-refractivity contribution is 6.31. The van der Waals surface area contributed by atoms with E-state index < -0.39 is 0 Å². The first-order chi connectivity index (χ1) is 12.9. The van der Waals surface area contributed by atoms with Gasteiger partial charge in [0, 0.05) is 36.1 Å². The zero-order valence-electron chi connectivity index (χ0n) is 15.9. The summed E-state index contributed by atoms with van der Waals surface area (Å²) < 4.78 is 2.30. The number of benzene rings is 2. The summed E-state index contributed by atoms with van der Waals surface area (Å²) in [5, 5.41) is 0.652. The second-order valence-corrected chi connectivity index (χ2v) is 8.24. The number of nitrogens with zero attached hydrogens (tertiary/aromatic N) is 3. The molecule has 0 aliphatic carbocycles. The van der Waals surface area contributed by atoms with E-state index in [0.717, 1.165) is 34.7 Å². The van der Waals surface area contributed by atoms with Crippen LogP contribution in [0, 0.1) is 12.8 Å². The number of para-hydroxylation sites is 2. The zero-order chi connectivity index (χ0) is 19.1. The van der Waals surface area contributed by atoms with Crippen molar-refractivity contribution < 1.29 is 4.79 Å². The van der Waals surface area contributed by atoms with Crippen molar-refractivity contribution in [3.8, 4) is 0 Å². The van der Waals surface area contributed by atoms with Gasteiger partial charge in [0.25, 0.3) is 0 Å². The number of hydrogen-bond donors (Lipinski definition) is 0. The monoisotopic (exact) mass is 381 g/mol. The largest absolute Gasteiger partial charge is 0.327 e. The fourth-order valence-electron chi connectivity index (χ4n) is 3.95. The number of halogens is 1. The Morgan fingerprint density at radius 2 is 2.00 bits per heavy atom. The Morgan fingerprint density at radius 1 is 1.22 bits per heavy atom. The van der Waals surface area contributed by atoms with Crippen molar-refractivity contribution in [1.29, 1.82) is 0 Å². The molecule has 0 spiro atoms. The number of anilines is 1. The molecular formula is C22H24ClN3O. The van der Waals surface area contributed by atoms with Crippen LogP contribution in [-0.4, -0.2) is 22.0 Å². The van der Waals surface area contributed by atoms with E-state index in [1.165, 1.54) is 0 Å². The van der Waals surface area contributed by atoms with Crippen molar-refractivity contribution >= 4 is 34.2 Å². The van der Waals surface area contributed by atoms with Crippen LogP contribution in [0.5, 0.6) is 0 Å². The van der Waals surface area contributed by atoms with Gasteiger partial charge in [0.15, 0.2) is 0 Å². The van der Waals surface area contributed by atoms with Crippen molar-refractivity contribution in [1.82, 2.24) is 9.55 Å². The molecule has 2 heterocycles. The van der Waals surface area contributed by atoms with Crippen molar-refractivity contribution in [2.24, 2.45) is 5.92 Å². The number of hydrogen-bond acceptors (Lipinski definition) is 2. The summed E-state index contributed by atoms with van der Waals surface area (Å²) >= 11 is 6.18. The standard InChI is InChI=1S/C22H24ClN3O/c1-14(2)12-26-19-7-5-4-6-18(19)24-22(26)16-10-21(27)25(13-16)20-11-17(23)9-8-15(20)3/h4-9,11,14,16H,10,12-13H2,1-3H3/t16-/m0/s1. The number of imidazole rings is 1. The van der Waals surface area contributed by atoms with Crippen molar-refractivity contribution in [3.05, 3.63) is 58.9 Å². The fraction of sp³-hybridized carbons (Fsp3) is 0.364. The van der Waals surface area contributed by atoms with E-state index in [0.29, 0.717) is 23.9 Å². The second-order valence-electron chi connectivity index (χ2n) is 7.80. The fourth-order valence-corrected chi connectivity index (χ4v) is 4.12. The lowest BCUT2D eigenvalue weighted by atomic mass is 10.1. The van der Waals surface area contributed by atoms with E-state index in [-0.39, 0.29) is 11.8 Å². The van der Waals surface area contributed by atoms with Crippen molar-refractivity contribution in [2.75, 3.05) is 11.4 Å². The number of rotatable bonds is 4. The molecule has 0 radical (unpaired) electrons. The number of carbonyl (C=O) groups excluding carboxylic acids is 1. The molecule has 0 saturated carbocycles. The molecule has 0 bridgehead atoms. The lowest BCUT2D eigenvalue weighted by Crippen LogP contribution is -2.25. The third kappa shape index (κ3) is 3.34. The molecule has 1 aromatic heterocycles. The van der Waals surface area contributed by atoms with Crippen LogP contribution in [0.4, 0.5) is 5.69 Å². The Hall–Kier alpha value is -2.33. The second kappa shape index (κ2) is 7.01. The predicted octanol–water partition coefficient (Wildman–Crippen LogP) is 5.17. The minimum absolute atomic E-state index is 0.0852. The van der Waals surface area contributed by atoms with Gasteiger partial charge in [-0.25, -0.2) is 4.98 Å². The number of carbonyl (C=O) groups is 1. The number of aryl methyl sites for hydroxylation is 1. The van der Waals surface area contributed by atoms with Gasteiger partial charge in [0.2, 0.25) is 5.91 Å². The van der Waals surface area contributed by atoms with Gasteiger partial charge in [0.05, 0.1) is 11.0 Å². The van der Waals surface area contributed by atoms with Crippen LogP contribution < -0.4 is 4.90 Å². The minimum Gasteiger partial charge on any atom is -0.327 e. The summed E-state index contributed by atoms with van der Waals surface area (Å²) in [6.07, 6.45) is 0.480. The topological polar surface area (TPSA) is 38.1 Å². The molecule has 3 aromatic rings. The predicted molar refractivity (Wildman–Crippen MR) is 110 cm³/mol. The Bertz CT molecular complexity index is 1010. The maximum absolute atomic E-state index is 12.8. The molecule has 2 aromatic carbocycles. The summed E-state index contributed by atoms with van der Waals surface area (Å²) in [5.74, 6) is 1.74. The van der Waals surface area contributed by atoms with Crippen LogP contribution in [0.1, 0.15) is 37.6 Å². The Balaban J connectivity index is 1.73. The van der Waals surface area contributed by atoms with Gasteiger partial charge in [0.1, 0.15) is 5.82 Å². The molecule has 27 heavy (non-hydrogen) atoms. The molecule has 1 aliphatic heterocycles. The molecule has 4 nitrogen and oxygen atoms in total. The van der Waals surface area contributed by atoms with E-state index in [1.54, 1.807) is 0 Å². The summed E-state index contributed by atoms with van der Waals surface area (Å²) in [4.78, 5) is 19.6. The first-order valence-corrected chi connectivity index (χ1v) is 9.83. The van der Waals surface area contributed by atoms with Crippen LogP contribution in [-0.2, 0) is 11.3 Å². The Labute approximate surface area is 164 Å². The highest BCUT2D eigenvalue weighted by Gasteiger charge is 2.35. The van der Waals surface area contributed by atoms with Crippen LogP contribution in [0.25, 0.3) is 11.0 Å². The number of amides is 1. The van der Waals surface area contributed by atoms with E-state index in [4.69, 9.17) is 16.6 Å². The van der Waals surface area contributed by atoms with Gasteiger partial charge in [-0.15, -0.1) is 0 Å². The van der Waals surface area contributed by atoms with Gasteiger partial charge in [-0.2, -0.15) is 0 Å². The minimum atomic E-state index is 0.0852. The third-order valence-electron chi connectivity index (χ3n) is 5.18. The first-order valence-electron chi connectivity index (χ1n) is 9.45. The molecule has 0 N–H and O–H groups in total. The van der Waals surface area contributed by atoms with Crippen LogP contribution in [0.15, 0.2) is 42.5 Å². The van der Waals surface area contributed by atoms with Crippen molar-refractivity contribution in [3.63, 3.8) is 0 Å². The quantitative estimate of drug-likeness (QED) is 0.624. The van der Waals surface area contributed by atoms with Crippen LogP contribution >= 0.6 is 11.6 Å². The molecular weight excluding hydrogens is 358 g/mol. The summed E-state index contributed by atoms with van der Waals surface area (Å²) in [6, 6.07) is 13.9. The Kier molecular flexibility index (Phi) is 4.68. The van der Waals surface area contributed by atoms with E-state index in [1.807, 2.05) is 48.2 Å². The average molecular weight is 382 g/mol. The maximum atomic E-state index is 12.8. The lowest BCUT2D eigenvalue weighted by molar-refractivity contribution is -0.117. The molecule has 1 amide bonds. The third-order valence-corrected chi connectivity index (χ3v) is 5.42. The molecule has 1 aliphatic rings. The molecule has 0 unspecified atom stereocenters. The van der Waals surface area contributed by atoms with Gasteiger partial charge in [-0.3, -0.25) is 4.79 Å². The lowest BCUT2D eigenvalue weighted by Gasteiger charge is -2.20. The average Bonchev–Trinajstić information content (AvgIpc) is 3.18. The van der Waals surface area contributed by atoms with E-state index in [2.05, 4.69) is 24.5 Å². The highest BCUT2D eigenvalue weighted by atomic mass is 35.5. The van der Waals surface area contributed by atoms with Gasteiger partial charge in [-0.1, -0.05) is 43.6 Å². The summed E-state index contributed by atoms with van der Waals surface area (Å²) in [6.45, 7) is 7.97. The summed E-state index contributed by atoms with van der Waals surface area (Å²) in [5.41, 5.74) is 4.11. The molecule has 140 valence electrons. The van der Waals surface area contributed by atoms with Crippen LogP contribution in [0.3, 0.4) is 0 Å². The molecule has 1 fully saturated rings. The van der Waals surface area contributed by atoms with Crippen molar-refractivity contribution in [2.45, 2.75) is 39.7 Å². The maximum Gasteiger partial charge on any atom is 0.227 e. The summed E-state index contributed by atoms with van der Waals surface area (Å²) in [7, 11) is 0. The smallest absolute Gasteiger partial charge is 0.227 e. The molecule has 5 heteroatoms. The Morgan fingerprint density at radius 3 is 2.78 bits per heavy atom. The van der Waals surface area contributed by atoms with Gasteiger partial charge >= 0.3 is 0 Å². The SMILES string of the molecule is Cc1ccc(Cl)cc1N1C[C@@H](c2nc3ccccc3n2CC(C)C)CC1=O. The number of fused-ring (bicyclic) bond motifs is 1. The van der Waals surface area contributed by atoms with E-state index >= 15 is 0 Å². The first kappa shape index (κ1) is 18.1. The van der Waals surface area contributed by atoms with Gasteiger partial charge < -0.3 is 9.47 Å².